The summed E-state index contributed by atoms with van der Waals surface area (Å²) >= 11 is 0. The molecule has 1 fully saturated rings. The van der Waals surface area contributed by atoms with E-state index in [1.54, 1.807) is 7.11 Å². The number of rotatable bonds is 5. The van der Waals surface area contributed by atoms with Gasteiger partial charge >= 0.3 is 0 Å². The Balaban J connectivity index is 1.55. The molecule has 7 nitrogen and oxygen atoms in total. The number of aromatic nitrogens is 1. The van der Waals surface area contributed by atoms with Gasteiger partial charge in [0.1, 0.15) is 5.76 Å². The third-order valence-electron chi connectivity index (χ3n) is 5.68. The van der Waals surface area contributed by atoms with Crippen LogP contribution in [-0.2, 0) is 6.54 Å². The molecule has 7 heteroatoms. The molecule has 152 valence electrons. The third kappa shape index (κ3) is 3.69. The molecule has 1 atom stereocenters. The predicted octanol–water partition coefficient (Wildman–Crippen LogP) is 3.37. The van der Waals surface area contributed by atoms with Gasteiger partial charge in [-0.25, -0.2) is 4.98 Å². The maximum Gasteiger partial charge on any atom is 0.231 e. The minimum absolute atomic E-state index is 0.183. The highest BCUT2D eigenvalue weighted by atomic mass is 16.7. The van der Waals surface area contributed by atoms with Crippen molar-refractivity contribution in [3.05, 3.63) is 23.6 Å². The molecule has 0 spiro atoms. The maximum absolute atomic E-state index is 10.4. The van der Waals surface area contributed by atoms with Crippen molar-refractivity contribution in [3.8, 4) is 28.7 Å². The number of fused-ring (bicyclic) bond motifs is 1. The number of hydrogen-bond acceptors (Lipinski definition) is 7. The van der Waals surface area contributed by atoms with Gasteiger partial charge in [-0.2, -0.15) is 0 Å². The van der Waals surface area contributed by atoms with Crippen molar-refractivity contribution < 1.29 is 23.7 Å². The monoisotopic (exact) mass is 388 g/mol. The summed E-state index contributed by atoms with van der Waals surface area (Å²) in [4.78, 5) is 7.09. The lowest BCUT2D eigenvalue weighted by Crippen LogP contribution is -2.44. The van der Waals surface area contributed by atoms with Crippen LogP contribution in [0.3, 0.4) is 0 Å². The molecule has 1 saturated heterocycles. The lowest BCUT2D eigenvalue weighted by molar-refractivity contribution is -0.0200. The Kier molecular flexibility index (Phi) is 4.97. The van der Waals surface area contributed by atoms with E-state index in [0.29, 0.717) is 29.7 Å². The van der Waals surface area contributed by atoms with Crippen LogP contribution in [0.25, 0.3) is 11.5 Å². The minimum Gasteiger partial charge on any atom is -0.493 e. The first-order chi connectivity index (χ1) is 13.3. The lowest BCUT2D eigenvalue weighted by Gasteiger charge is -2.38. The predicted molar refractivity (Wildman–Crippen MR) is 104 cm³/mol. The number of aryl methyl sites for hydroxylation is 1. The van der Waals surface area contributed by atoms with E-state index in [-0.39, 0.29) is 12.7 Å². The van der Waals surface area contributed by atoms with Crippen molar-refractivity contribution in [1.29, 1.82) is 0 Å². The number of likely N-dealkylation sites (tertiary alicyclic amines) is 1. The molecule has 0 bridgehead atoms. The summed E-state index contributed by atoms with van der Waals surface area (Å²) in [5, 5.41) is 10.4. The Bertz CT molecular complexity index is 855. The van der Waals surface area contributed by atoms with Crippen LogP contribution >= 0.6 is 0 Å². The minimum atomic E-state index is -0.661. The van der Waals surface area contributed by atoms with E-state index < -0.39 is 5.60 Å². The Morgan fingerprint density at radius 2 is 2.14 bits per heavy atom. The Morgan fingerprint density at radius 1 is 1.32 bits per heavy atom. The molecule has 0 amide bonds. The first kappa shape index (κ1) is 19.1. The molecular weight excluding hydrogens is 360 g/mol. The second-order valence-electron chi connectivity index (χ2n) is 8.16. The van der Waals surface area contributed by atoms with Gasteiger partial charge < -0.3 is 23.7 Å². The summed E-state index contributed by atoms with van der Waals surface area (Å²) in [6.45, 7) is 8.50. The average Bonchev–Trinajstić information content (AvgIpc) is 3.27. The van der Waals surface area contributed by atoms with E-state index in [1.165, 1.54) is 0 Å². The molecule has 0 radical (unpaired) electrons. The quantitative estimate of drug-likeness (QED) is 0.841. The molecule has 2 aliphatic heterocycles. The van der Waals surface area contributed by atoms with Crippen LogP contribution in [0.1, 0.15) is 38.1 Å². The van der Waals surface area contributed by atoms with Gasteiger partial charge in [0.25, 0.3) is 0 Å². The third-order valence-corrected chi connectivity index (χ3v) is 5.68. The molecule has 1 N–H and O–H groups in total. The first-order valence-corrected chi connectivity index (χ1v) is 9.74. The molecular formula is C21H28N2O5. The molecule has 1 unspecified atom stereocenters. The van der Waals surface area contributed by atoms with Crippen LogP contribution in [0.4, 0.5) is 0 Å². The van der Waals surface area contributed by atoms with Crippen LogP contribution in [0.15, 0.2) is 16.5 Å². The van der Waals surface area contributed by atoms with E-state index in [9.17, 15) is 5.11 Å². The fourth-order valence-corrected chi connectivity index (χ4v) is 3.94. The molecule has 28 heavy (non-hydrogen) atoms. The van der Waals surface area contributed by atoms with Gasteiger partial charge in [0.05, 0.1) is 18.4 Å². The van der Waals surface area contributed by atoms with Crippen LogP contribution in [0.5, 0.6) is 17.2 Å². The van der Waals surface area contributed by atoms with E-state index >= 15 is 0 Å². The number of nitrogens with zero attached hydrogens (tertiary/aromatic N) is 2. The van der Waals surface area contributed by atoms with E-state index in [2.05, 4.69) is 4.90 Å². The normalized spacial score (nSPS) is 19.8. The summed E-state index contributed by atoms with van der Waals surface area (Å²) in [6.07, 6.45) is 2.14. The van der Waals surface area contributed by atoms with Crippen molar-refractivity contribution in [2.75, 3.05) is 27.0 Å². The SMILES string of the molecule is COc1cc(-c2nc(CN3CCCC(C(C)(C)O)C3)c(C)o2)cc2c1OCO2. The highest BCUT2D eigenvalue weighted by molar-refractivity contribution is 5.66. The molecule has 2 aromatic rings. The van der Waals surface area contributed by atoms with Crippen LogP contribution < -0.4 is 14.2 Å². The molecule has 0 aliphatic carbocycles. The standard InChI is InChI=1S/C21H28N2O5/c1-13-16(11-23-7-5-6-15(10-23)21(2,3)24)22-20(28-13)14-8-17(25-4)19-18(9-14)26-12-27-19/h8-9,15,24H,5-7,10-12H2,1-4H3. The van der Waals surface area contributed by atoms with Crippen molar-refractivity contribution in [1.82, 2.24) is 9.88 Å². The van der Waals surface area contributed by atoms with Crippen LogP contribution in [0.2, 0.25) is 0 Å². The number of hydrogen-bond donors (Lipinski definition) is 1. The average molecular weight is 388 g/mol. The molecule has 1 aromatic carbocycles. The summed E-state index contributed by atoms with van der Waals surface area (Å²) < 4.78 is 22.3. The van der Waals surface area contributed by atoms with Gasteiger partial charge in [-0.1, -0.05) is 0 Å². The second kappa shape index (κ2) is 7.29. The molecule has 2 aliphatic rings. The number of aliphatic hydroxyl groups is 1. The summed E-state index contributed by atoms with van der Waals surface area (Å²) in [5.41, 5.74) is 1.05. The molecule has 3 heterocycles. The molecule has 0 saturated carbocycles. The van der Waals surface area contributed by atoms with Gasteiger partial charge in [-0.05, 0) is 58.2 Å². The van der Waals surface area contributed by atoms with E-state index in [1.807, 2.05) is 32.9 Å². The van der Waals surface area contributed by atoms with Gasteiger partial charge in [0.15, 0.2) is 11.5 Å². The van der Waals surface area contributed by atoms with Crippen molar-refractivity contribution in [2.45, 2.75) is 45.8 Å². The van der Waals surface area contributed by atoms with Gasteiger partial charge in [-0.3, -0.25) is 4.90 Å². The number of ether oxygens (including phenoxy) is 3. The number of benzene rings is 1. The lowest BCUT2D eigenvalue weighted by atomic mass is 9.84. The second-order valence-corrected chi connectivity index (χ2v) is 8.16. The van der Waals surface area contributed by atoms with Gasteiger partial charge in [0.2, 0.25) is 18.4 Å². The molecule has 4 rings (SSSR count). The zero-order chi connectivity index (χ0) is 19.9. The fourth-order valence-electron chi connectivity index (χ4n) is 3.94. The highest BCUT2D eigenvalue weighted by Gasteiger charge is 2.32. The fraction of sp³-hybridized carbons (Fsp3) is 0.571. The van der Waals surface area contributed by atoms with Crippen LogP contribution in [0, 0.1) is 12.8 Å². The summed E-state index contributed by atoms with van der Waals surface area (Å²) in [6, 6.07) is 3.72. The Hall–Kier alpha value is -2.25. The number of piperidine rings is 1. The topological polar surface area (TPSA) is 77.2 Å². The van der Waals surface area contributed by atoms with E-state index in [4.69, 9.17) is 23.6 Å². The number of oxazole rings is 1. The van der Waals surface area contributed by atoms with Gasteiger partial charge in [0, 0.05) is 18.7 Å². The number of methoxy groups -OCH3 is 1. The van der Waals surface area contributed by atoms with Crippen molar-refractivity contribution >= 4 is 0 Å². The largest absolute Gasteiger partial charge is 0.493 e. The molecule has 1 aromatic heterocycles. The first-order valence-electron chi connectivity index (χ1n) is 9.74. The van der Waals surface area contributed by atoms with Crippen LogP contribution in [-0.4, -0.2) is 47.6 Å². The maximum atomic E-state index is 10.4. The Labute approximate surface area is 165 Å². The van der Waals surface area contributed by atoms with Crippen molar-refractivity contribution in [3.63, 3.8) is 0 Å². The van der Waals surface area contributed by atoms with E-state index in [0.717, 1.165) is 42.9 Å². The highest BCUT2D eigenvalue weighted by Crippen LogP contribution is 2.44. The Morgan fingerprint density at radius 3 is 2.89 bits per heavy atom. The zero-order valence-corrected chi connectivity index (χ0v) is 16.9. The zero-order valence-electron chi connectivity index (χ0n) is 16.9. The smallest absolute Gasteiger partial charge is 0.231 e. The van der Waals surface area contributed by atoms with Gasteiger partial charge in [-0.15, -0.1) is 0 Å². The summed E-state index contributed by atoms with van der Waals surface area (Å²) in [7, 11) is 1.60. The summed E-state index contributed by atoms with van der Waals surface area (Å²) in [5.74, 6) is 3.46. The van der Waals surface area contributed by atoms with Crippen molar-refractivity contribution in [2.24, 2.45) is 5.92 Å².